The van der Waals surface area contributed by atoms with Gasteiger partial charge in [-0.2, -0.15) is 0 Å². The van der Waals surface area contributed by atoms with Crippen LogP contribution in [0.4, 0.5) is 28.8 Å². The Morgan fingerprint density at radius 1 is 0.489 bits per heavy atom. The van der Waals surface area contributed by atoms with Crippen molar-refractivity contribution in [3.63, 3.8) is 0 Å². The molecule has 3 spiro atoms. The van der Waals surface area contributed by atoms with Crippen molar-refractivity contribution in [2.24, 2.45) is 27.4 Å². The Labute approximate surface area is 539 Å². The summed E-state index contributed by atoms with van der Waals surface area (Å²) in [5.41, 5.74) is 8.56. The molecule has 484 valence electrons. The van der Waals surface area contributed by atoms with Crippen LogP contribution >= 0.6 is 23.2 Å². The molecule has 4 amide bonds. The Morgan fingerprint density at radius 2 is 0.891 bits per heavy atom. The van der Waals surface area contributed by atoms with E-state index < -0.39 is 28.5 Å². The maximum atomic E-state index is 13.1. The summed E-state index contributed by atoms with van der Waals surface area (Å²) in [5, 5.41) is 15.4. The van der Waals surface area contributed by atoms with Gasteiger partial charge >= 0.3 is 0 Å². The molecule has 0 radical (unpaired) electrons. The van der Waals surface area contributed by atoms with Crippen molar-refractivity contribution in [3.05, 3.63) is 179 Å². The number of halogens is 2. The summed E-state index contributed by atoms with van der Waals surface area (Å²) < 4.78 is 4.86. The number of ketones is 1. The molecule has 4 fully saturated rings. The van der Waals surface area contributed by atoms with E-state index in [1.54, 1.807) is 80.8 Å². The lowest BCUT2D eigenvalue weighted by Gasteiger charge is -2.39. The Kier molecular flexibility index (Phi) is 19.0. The molecule has 0 aromatic carbocycles. The zero-order valence-electron chi connectivity index (χ0n) is 52.4. The highest BCUT2D eigenvalue weighted by Gasteiger charge is 2.59. The number of nitrogen functional groups attached to an aromatic ring is 1. The molecule has 7 aliphatic rings. The summed E-state index contributed by atoms with van der Waals surface area (Å²) in [4.78, 5) is 133. The smallest absolute Gasteiger partial charge is 0.276 e. The van der Waals surface area contributed by atoms with Crippen LogP contribution in [-0.2, 0) is 21.8 Å². The van der Waals surface area contributed by atoms with Gasteiger partial charge in [0.15, 0.2) is 0 Å². The number of carbonyl (C=O) groups excluding carboxylic acids is 5. The van der Waals surface area contributed by atoms with Gasteiger partial charge in [-0.15, -0.1) is 0 Å². The van der Waals surface area contributed by atoms with Crippen LogP contribution in [0.3, 0.4) is 0 Å². The molecule has 28 heteroatoms. The number of hydrogen-bond donors (Lipinski definition) is 8. The number of H-pyrrole nitrogens is 1. The second-order valence-electron chi connectivity index (χ2n) is 26.1. The average Bonchev–Trinajstić information content (AvgIpc) is 1.57. The van der Waals surface area contributed by atoms with Crippen LogP contribution in [0.1, 0.15) is 174 Å². The maximum Gasteiger partial charge on any atom is 0.276 e. The molecule has 92 heavy (non-hydrogen) atoms. The number of anilines is 5. The number of primary amides is 1. The number of nitrogens with one attached hydrogen (secondary N) is 6. The van der Waals surface area contributed by atoms with E-state index in [0.29, 0.717) is 51.7 Å². The molecule has 0 bridgehead atoms. The van der Waals surface area contributed by atoms with Crippen molar-refractivity contribution in [1.29, 1.82) is 0 Å². The van der Waals surface area contributed by atoms with Crippen LogP contribution in [0, 0.1) is 21.7 Å². The van der Waals surface area contributed by atoms with E-state index in [1.807, 2.05) is 13.8 Å². The lowest BCUT2D eigenvalue weighted by molar-refractivity contribution is -0.124. The summed E-state index contributed by atoms with van der Waals surface area (Å²) >= 11 is 11.3. The molecule has 4 aliphatic carbocycles. The summed E-state index contributed by atoms with van der Waals surface area (Å²) in [6.07, 6.45) is 20.2. The van der Waals surface area contributed by atoms with Crippen molar-refractivity contribution < 1.29 is 24.0 Å². The number of rotatable bonds is 5. The molecule has 14 rings (SSSR count). The minimum atomic E-state index is -0.682. The number of aromatic nitrogens is 10. The number of aromatic amines is 1. The van der Waals surface area contributed by atoms with E-state index in [1.165, 1.54) is 37.2 Å². The molecule has 3 atom stereocenters. The molecule has 4 saturated carbocycles. The van der Waals surface area contributed by atoms with Crippen LogP contribution in [0.25, 0.3) is 0 Å². The Morgan fingerprint density at radius 3 is 1.20 bits per heavy atom. The van der Waals surface area contributed by atoms with Gasteiger partial charge in [-0.3, -0.25) is 56.9 Å². The standard InChI is InChI=1S/2C17H19N5O2.C13H15ClN2O2.C7H12O.C6H5ClN2O2.C4H5N3/c2*1-16(2)7-3-8-17(16)21-14(23)12-5-4-11(15(24)22(12)17)20-13-6-9-18-10-19-13;1-12(2)6-3-7-13(12)15-10(17)9-5-4-8(14)11(18)16(9)13;1-7(2)5-3-4-6(7)8;7-3-1-2-4(5(8)10)9-6(3)11;5-4-1-2-6-3-7-4/h2*4-6,9-10H,3,7-8H2,1-2H3,(H,21,23)(H,18,19,20);4-5H,3,6-7H2,1-2H3,(H,15,17);3-5H2,1-2H3;1-2H,(H2,8,10)(H,9,11);1-3H,(H2,5,6,7). The van der Waals surface area contributed by atoms with Crippen molar-refractivity contribution in [1.82, 2.24) is 64.5 Å². The van der Waals surface area contributed by atoms with Crippen LogP contribution in [0.5, 0.6) is 0 Å². The monoisotopic (exact) mass is 1300 g/mol. The Bertz CT molecular complexity index is 4090. The molecule has 3 aliphatic heterocycles. The van der Waals surface area contributed by atoms with E-state index in [2.05, 4.69) is 103 Å². The first kappa shape index (κ1) is 67.0. The maximum absolute atomic E-state index is 13.1. The van der Waals surface area contributed by atoms with Crippen LogP contribution < -0.4 is 60.3 Å². The lowest BCUT2D eigenvalue weighted by Crippen LogP contribution is -2.54. The predicted molar refractivity (Wildman–Crippen MR) is 347 cm³/mol. The number of hydrogen-bond acceptors (Lipinski definition) is 18. The van der Waals surface area contributed by atoms with Gasteiger partial charge in [0.1, 0.15) is 103 Å². The van der Waals surface area contributed by atoms with Gasteiger partial charge in [0.25, 0.3) is 45.9 Å². The number of nitrogens with zero attached hydrogens (tertiary/aromatic N) is 9. The van der Waals surface area contributed by atoms with Crippen LogP contribution in [0.2, 0.25) is 10.0 Å². The van der Waals surface area contributed by atoms with Crippen molar-refractivity contribution in [3.8, 4) is 0 Å². The number of Topliss-reactive ketones (excluding diaryl/α,β-unsaturated/α-hetero) is 1. The molecule has 0 saturated heterocycles. The van der Waals surface area contributed by atoms with Gasteiger partial charge in [0.2, 0.25) is 0 Å². The molecule has 10 N–H and O–H groups in total. The van der Waals surface area contributed by atoms with Crippen molar-refractivity contribution >= 4 is 81.4 Å². The zero-order chi connectivity index (χ0) is 66.8. The van der Waals surface area contributed by atoms with Gasteiger partial charge in [-0.25, -0.2) is 29.9 Å². The number of nitrogens with two attached hydrogens (primary N) is 2. The number of amides is 4. The molecule has 7 aromatic heterocycles. The van der Waals surface area contributed by atoms with Crippen LogP contribution in [0.15, 0.2) is 123 Å². The first-order valence-electron chi connectivity index (χ1n) is 30.1. The van der Waals surface area contributed by atoms with E-state index >= 15 is 0 Å². The van der Waals surface area contributed by atoms with E-state index in [-0.39, 0.29) is 71.8 Å². The summed E-state index contributed by atoms with van der Waals surface area (Å²) in [6, 6.07) is 17.5. The van der Waals surface area contributed by atoms with Crippen molar-refractivity contribution in [2.45, 2.75) is 149 Å². The van der Waals surface area contributed by atoms with Crippen LogP contribution in [-0.4, -0.2) is 78.0 Å². The third-order valence-electron chi connectivity index (χ3n) is 18.8. The Balaban J connectivity index is 0.000000138. The zero-order valence-corrected chi connectivity index (χ0v) is 53.9. The first-order chi connectivity index (χ1) is 43.4. The quantitative estimate of drug-likeness (QED) is 0.0808. The fourth-order valence-electron chi connectivity index (χ4n) is 13.4. The predicted octanol–water partition coefficient (Wildman–Crippen LogP) is 8.04. The second kappa shape index (κ2) is 26.1. The topological polar surface area (TPSA) is 374 Å². The van der Waals surface area contributed by atoms with Gasteiger partial charge in [0, 0.05) is 46.7 Å². The van der Waals surface area contributed by atoms with Gasteiger partial charge < -0.3 is 43.0 Å². The molecular weight excluding hydrogens is 1220 g/mol. The molecule has 10 heterocycles. The normalized spacial score (nSPS) is 22.2. The number of pyridine rings is 4. The first-order valence-corrected chi connectivity index (χ1v) is 30.9. The van der Waals surface area contributed by atoms with Gasteiger partial charge in [-0.1, -0.05) is 78.6 Å². The highest BCUT2D eigenvalue weighted by molar-refractivity contribution is 6.30. The summed E-state index contributed by atoms with van der Waals surface area (Å²) in [6.45, 7) is 16.6. The SMILES string of the molecule is CC1(C)CCCC12NC(=O)c1ccc(Cl)c(=O)n12.CC1(C)CCCC12NC(=O)c1ccc(Nc3ccncn3)c(=O)n12.CC1(C)CCCC12NC(=O)c1ccc(Nc3ccncn3)c(=O)n12.CC1(C)CCCC1=O.NC(=O)c1ccc(Cl)c(=O)[nH]1.Nc1ccncn1. The highest BCUT2D eigenvalue weighted by atomic mass is 35.5. The van der Waals surface area contributed by atoms with E-state index in [4.69, 9.17) is 34.7 Å². The molecular formula is C64H75Cl2N17O9. The number of fused-ring (bicyclic) bond motifs is 6. The van der Waals surface area contributed by atoms with E-state index in [9.17, 15) is 43.2 Å². The largest absolute Gasteiger partial charge is 0.384 e. The third-order valence-corrected chi connectivity index (χ3v) is 19.4. The molecule has 3 unspecified atom stereocenters. The average molecular weight is 1300 g/mol. The Hall–Kier alpha value is -9.43. The van der Waals surface area contributed by atoms with Crippen molar-refractivity contribution in [2.75, 3.05) is 16.4 Å². The van der Waals surface area contributed by atoms with Gasteiger partial charge in [-0.05, 0) is 137 Å². The summed E-state index contributed by atoms with van der Waals surface area (Å²) in [7, 11) is 0. The summed E-state index contributed by atoms with van der Waals surface area (Å²) in [5.74, 6) is 0.802. The lowest BCUT2D eigenvalue weighted by atomic mass is 9.81. The third kappa shape index (κ3) is 12.8. The highest BCUT2D eigenvalue weighted by Crippen LogP contribution is 2.53. The minimum Gasteiger partial charge on any atom is -0.384 e. The minimum absolute atomic E-state index is 0.0139. The fraction of sp³-hybridized carbons (Fsp3) is 0.422. The fourth-order valence-corrected chi connectivity index (χ4v) is 13.6. The van der Waals surface area contributed by atoms with E-state index in [0.717, 1.165) is 77.0 Å². The second-order valence-corrected chi connectivity index (χ2v) is 26.9. The molecule has 26 nitrogen and oxygen atoms in total. The van der Waals surface area contributed by atoms with Gasteiger partial charge in [0.05, 0.1) is 0 Å². The number of carbonyl (C=O) groups is 5. The molecule has 7 aromatic rings.